The number of carbonyl (C=O) groups is 3. The lowest BCUT2D eigenvalue weighted by Crippen LogP contribution is -2.28. The molecule has 2 aromatic rings. The van der Waals surface area contributed by atoms with Crippen LogP contribution in [0.25, 0.3) is 0 Å². The molecular formula is C23H25N3O3. The fraction of sp³-hybridized carbons (Fsp3) is 0.348. The van der Waals surface area contributed by atoms with Gasteiger partial charge in [0.15, 0.2) is 0 Å². The van der Waals surface area contributed by atoms with Crippen LogP contribution in [0, 0.1) is 5.92 Å². The summed E-state index contributed by atoms with van der Waals surface area (Å²) in [5, 5.41) is 2.91. The van der Waals surface area contributed by atoms with E-state index in [1.807, 2.05) is 36.4 Å². The van der Waals surface area contributed by atoms with Crippen molar-refractivity contribution in [1.29, 1.82) is 0 Å². The standard InChI is InChI=1S/C23H25N3O3/c1-2-16-6-3-4-7-20(16)26-15-17(14-22(26)28)23(29)24-18-9-11-19(12-10-18)25-13-5-8-21(25)27/h3-4,6-7,9-12,17H,2,5,8,13-15H2,1H3,(H,24,29). The summed E-state index contributed by atoms with van der Waals surface area (Å²) in [6, 6.07) is 15.1. The van der Waals surface area contributed by atoms with E-state index in [0.717, 1.165) is 36.3 Å². The van der Waals surface area contributed by atoms with E-state index in [1.165, 1.54) is 0 Å². The molecule has 3 amide bonds. The summed E-state index contributed by atoms with van der Waals surface area (Å²) < 4.78 is 0. The van der Waals surface area contributed by atoms with E-state index in [1.54, 1.807) is 21.9 Å². The van der Waals surface area contributed by atoms with Crippen LogP contribution in [0.3, 0.4) is 0 Å². The van der Waals surface area contributed by atoms with Crippen molar-refractivity contribution >= 4 is 34.8 Å². The monoisotopic (exact) mass is 391 g/mol. The lowest BCUT2D eigenvalue weighted by atomic mass is 10.1. The van der Waals surface area contributed by atoms with Crippen LogP contribution in [0.4, 0.5) is 17.1 Å². The number of benzene rings is 2. The Bertz CT molecular complexity index is 939. The van der Waals surface area contributed by atoms with Crippen molar-refractivity contribution in [3.8, 4) is 0 Å². The summed E-state index contributed by atoms with van der Waals surface area (Å²) in [4.78, 5) is 40.6. The molecule has 150 valence electrons. The molecule has 2 aliphatic rings. The second kappa shape index (κ2) is 8.07. The van der Waals surface area contributed by atoms with Gasteiger partial charge in [-0.1, -0.05) is 25.1 Å². The van der Waals surface area contributed by atoms with Gasteiger partial charge in [-0.3, -0.25) is 14.4 Å². The van der Waals surface area contributed by atoms with Gasteiger partial charge in [0, 0.05) is 43.0 Å². The molecular weight excluding hydrogens is 366 g/mol. The second-order valence-corrected chi connectivity index (χ2v) is 7.57. The van der Waals surface area contributed by atoms with Gasteiger partial charge < -0.3 is 15.1 Å². The minimum Gasteiger partial charge on any atom is -0.326 e. The lowest BCUT2D eigenvalue weighted by Gasteiger charge is -2.20. The number of amides is 3. The molecule has 0 spiro atoms. The van der Waals surface area contributed by atoms with Gasteiger partial charge >= 0.3 is 0 Å². The first-order valence-corrected chi connectivity index (χ1v) is 10.2. The van der Waals surface area contributed by atoms with Crippen LogP contribution in [-0.4, -0.2) is 30.8 Å². The molecule has 2 fully saturated rings. The highest BCUT2D eigenvalue weighted by molar-refractivity contribution is 6.04. The molecule has 0 aliphatic carbocycles. The molecule has 0 aromatic heterocycles. The summed E-state index contributed by atoms with van der Waals surface area (Å²) in [7, 11) is 0. The van der Waals surface area contributed by atoms with Crippen molar-refractivity contribution in [2.75, 3.05) is 28.2 Å². The molecule has 0 bridgehead atoms. The van der Waals surface area contributed by atoms with E-state index < -0.39 is 0 Å². The van der Waals surface area contributed by atoms with E-state index in [-0.39, 0.29) is 30.1 Å². The molecule has 4 rings (SSSR count). The molecule has 0 radical (unpaired) electrons. The maximum atomic E-state index is 12.7. The zero-order valence-electron chi connectivity index (χ0n) is 16.6. The third-order valence-corrected chi connectivity index (χ3v) is 5.68. The van der Waals surface area contributed by atoms with Gasteiger partial charge in [-0.15, -0.1) is 0 Å². The number of anilines is 3. The quantitative estimate of drug-likeness (QED) is 0.850. The third kappa shape index (κ3) is 3.88. The lowest BCUT2D eigenvalue weighted by molar-refractivity contribution is -0.122. The summed E-state index contributed by atoms with van der Waals surface area (Å²) in [6.45, 7) is 3.19. The smallest absolute Gasteiger partial charge is 0.229 e. The minimum atomic E-state index is -0.382. The van der Waals surface area contributed by atoms with Gasteiger partial charge in [0.05, 0.1) is 5.92 Å². The third-order valence-electron chi connectivity index (χ3n) is 5.68. The van der Waals surface area contributed by atoms with Crippen LogP contribution in [0.1, 0.15) is 31.7 Å². The van der Waals surface area contributed by atoms with Crippen molar-refractivity contribution in [2.45, 2.75) is 32.6 Å². The van der Waals surface area contributed by atoms with Gasteiger partial charge in [-0.05, 0) is 48.7 Å². The number of hydrogen-bond acceptors (Lipinski definition) is 3. The van der Waals surface area contributed by atoms with Crippen LogP contribution in [0.5, 0.6) is 0 Å². The Morgan fingerprint density at radius 1 is 1.03 bits per heavy atom. The fourth-order valence-electron chi connectivity index (χ4n) is 4.08. The van der Waals surface area contributed by atoms with Crippen molar-refractivity contribution in [2.24, 2.45) is 5.92 Å². The Morgan fingerprint density at radius 3 is 2.48 bits per heavy atom. The summed E-state index contributed by atoms with van der Waals surface area (Å²) in [6.07, 6.45) is 2.52. The minimum absolute atomic E-state index is 0.0195. The zero-order chi connectivity index (χ0) is 20.4. The molecule has 1 unspecified atom stereocenters. The Morgan fingerprint density at radius 2 is 1.79 bits per heavy atom. The normalized spacial score (nSPS) is 19.1. The molecule has 1 atom stereocenters. The number of para-hydroxylation sites is 1. The molecule has 2 aromatic carbocycles. The second-order valence-electron chi connectivity index (χ2n) is 7.57. The summed E-state index contributed by atoms with van der Waals surface area (Å²) in [5.74, 6) is -0.417. The largest absolute Gasteiger partial charge is 0.326 e. The first-order valence-electron chi connectivity index (χ1n) is 10.2. The van der Waals surface area contributed by atoms with E-state index >= 15 is 0 Å². The SMILES string of the molecule is CCc1ccccc1N1CC(C(=O)Nc2ccc(N3CCCC3=O)cc2)CC1=O. The zero-order valence-corrected chi connectivity index (χ0v) is 16.6. The number of carbonyl (C=O) groups excluding carboxylic acids is 3. The molecule has 1 N–H and O–H groups in total. The van der Waals surface area contributed by atoms with Crippen LogP contribution in [0.2, 0.25) is 0 Å². The Labute approximate surface area is 170 Å². The Hall–Kier alpha value is -3.15. The van der Waals surface area contributed by atoms with E-state index in [4.69, 9.17) is 0 Å². The summed E-state index contributed by atoms with van der Waals surface area (Å²) >= 11 is 0. The van der Waals surface area contributed by atoms with Crippen molar-refractivity contribution in [1.82, 2.24) is 0 Å². The Balaban J connectivity index is 1.41. The van der Waals surface area contributed by atoms with Gasteiger partial charge in [-0.25, -0.2) is 0 Å². The van der Waals surface area contributed by atoms with Gasteiger partial charge in [0.25, 0.3) is 0 Å². The highest BCUT2D eigenvalue weighted by Crippen LogP contribution is 2.29. The van der Waals surface area contributed by atoms with Gasteiger partial charge in [0.1, 0.15) is 0 Å². The van der Waals surface area contributed by atoms with Gasteiger partial charge in [0.2, 0.25) is 17.7 Å². The molecule has 6 heteroatoms. The van der Waals surface area contributed by atoms with Crippen molar-refractivity contribution in [3.63, 3.8) is 0 Å². The molecule has 2 saturated heterocycles. The molecule has 29 heavy (non-hydrogen) atoms. The fourth-order valence-corrected chi connectivity index (χ4v) is 4.08. The molecule has 6 nitrogen and oxygen atoms in total. The first-order chi connectivity index (χ1) is 14.1. The molecule has 0 saturated carbocycles. The molecule has 2 heterocycles. The maximum Gasteiger partial charge on any atom is 0.229 e. The number of aryl methyl sites for hydroxylation is 1. The topological polar surface area (TPSA) is 69.7 Å². The van der Waals surface area contributed by atoms with Crippen molar-refractivity contribution in [3.05, 3.63) is 54.1 Å². The number of rotatable bonds is 5. The summed E-state index contributed by atoms with van der Waals surface area (Å²) in [5.41, 5.74) is 3.53. The van der Waals surface area contributed by atoms with E-state index in [0.29, 0.717) is 18.7 Å². The van der Waals surface area contributed by atoms with Crippen LogP contribution >= 0.6 is 0 Å². The predicted octanol–water partition coefficient (Wildman–Crippen LogP) is 3.37. The maximum absolute atomic E-state index is 12.7. The highest BCUT2D eigenvalue weighted by atomic mass is 16.2. The Kier molecular flexibility index (Phi) is 5.34. The van der Waals surface area contributed by atoms with Crippen molar-refractivity contribution < 1.29 is 14.4 Å². The average molecular weight is 391 g/mol. The average Bonchev–Trinajstić information content (AvgIpc) is 3.34. The van der Waals surface area contributed by atoms with E-state index in [2.05, 4.69) is 12.2 Å². The first kappa shape index (κ1) is 19.2. The van der Waals surface area contributed by atoms with E-state index in [9.17, 15) is 14.4 Å². The number of nitrogens with one attached hydrogen (secondary N) is 1. The van der Waals surface area contributed by atoms with Crippen LogP contribution in [-0.2, 0) is 20.8 Å². The predicted molar refractivity (Wildman–Crippen MR) is 113 cm³/mol. The van der Waals surface area contributed by atoms with Crippen LogP contribution in [0.15, 0.2) is 48.5 Å². The van der Waals surface area contributed by atoms with Gasteiger partial charge in [-0.2, -0.15) is 0 Å². The van der Waals surface area contributed by atoms with Crippen LogP contribution < -0.4 is 15.1 Å². The number of hydrogen-bond donors (Lipinski definition) is 1. The molecule has 2 aliphatic heterocycles. The number of nitrogens with zero attached hydrogens (tertiary/aromatic N) is 2. The highest BCUT2D eigenvalue weighted by Gasteiger charge is 2.35.